The third kappa shape index (κ3) is 3.17. The number of hydrogen-bond donors (Lipinski definition) is 0. The highest BCUT2D eigenvalue weighted by atomic mass is 35.5. The number of nitrogens with zero attached hydrogens (tertiary/aromatic N) is 4. The first-order chi connectivity index (χ1) is 9.65. The Balaban J connectivity index is 2.13. The number of carbonyl (C=O) groups excluding carboxylic acids is 1. The van der Waals surface area contributed by atoms with Crippen molar-refractivity contribution in [3.8, 4) is 0 Å². The molecule has 0 N–H and O–H groups in total. The lowest BCUT2D eigenvalue weighted by molar-refractivity contribution is 0.0767. The highest BCUT2D eigenvalue weighted by molar-refractivity contribution is 6.31. The summed E-state index contributed by atoms with van der Waals surface area (Å²) in [5.74, 6) is -0.0968. The van der Waals surface area contributed by atoms with Crippen LogP contribution in [0.3, 0.4) is 0 Å². The second kappa shape index (κ2) is 6.52. The molecule has 0 spiro atoms. The Labute approximate surface area is 123 Å². The van der Waals surface area contributed by atoms with E-state index in [1.807, 2.05) is 38.1 Å². The van der Waals surface area contributed by atoms with Gasteiger partial charge in [-0.05, 0) is 25.5 Å². The summed E-state index contributed by atoms with van der Waals surface area (Å²) in [4.78, 5) is 13.8. The first kappa shape index (κ1) is 14.5. The number of rotatable bonds is 5. The first-order valence-electron chi connectivity index (χ1n) is 6.58. The molecule has 2 rings (SSSR count). The molecule has 1 aromatic heterocycles. The van der Waals surface area contributed by atoms with E-state index in [9.17, 15) is 4.79 Å². The third-order valence-electron chi connectivity index (χ3n) is 3.10. The zero-order chi connectivity index (χ0) is 14.5. The Morgan fingerprint density at radius 3 is 2.65 bits per heavy atom. The number of benzene rings is 1. The molecule has 1 aromatic carbocycles. The Bertz CT molecular complexity index is 592. The Hall–Kier alpha value is -1.88. The van der Waals surface area contributed by atoms with Crippen molar-refractivity contribution in [2.75, 3.05) is 13.1 Å². The molecule has 5 nitrogen and oxygen atoms in total. The van der Waals surface area contributed by atoms with E-state index in [0.29, 0.717) is 30.4 Å². The molecular formula is C14H17ClN4O. The average Bonchev–Trinajstić information content (AvgIpc) is 2.91. The van der Waals surface area contributed by atoms with Crippen LogP contribution in [0, 0.1) is 0 Å². The summed E-state index contributed by atoms with van der Waals surface area (Å²) in [5, 5.41) is 8.60. The summed E-state index contributed by atoms with van der Waals surface area (Å²) < 4.78 is 1.62. The van der Waals surface area contributed by atoms with E-state index in [0.717, 1.165) is 5.56 Å². The predicted octanol–water partition coefficient (Wildman–Crippen LogP) is 2.46. The van der Waals surface area contributed by atoms with Crippen LogP contribution in [0.1, 0.15) is 29.9 Å². The van der Waals surface area contributed by atoms with Gasteiger partial charge >= 0.3 is 0 Å². The lowest BCUT2D eigenvalue weighted by Crippen LogP contribution is -2.30. The average molecular weight is 293 g/mol. The summed E-state index contributed by atoms with van der Waals surface area (Å²) in [6.45, 7) is 5.70. The predicted molar refractivity (Wildman–Crippen MR) is 77.8 cm³/mol. The Morgan fingerprint density at radius 1 is 1.30 bits per heavy atom. The van der Waals surface area contributed by atoms with Gasteiger partial charge in [0.05, 0.1) is 12.7 Å². The van der Waals surface area contributed by atoms with Crippen molar-refractivity contribution in [2.24, 2.45) is 0 Å². The minimum absolute atomic E-state index is 0.0968. The van der Waals surface area contributed by atoms with Gasteiger partial charge in [0.25, 0.3) is 5.91 Å². The second-order valence-corrected chi connectivity index (χ2v) is 4.78. The number of carbonyl (C=O) groups is 1. The van der Waals surface area contributed by atoms with Crippen molar-refractivity contribution in [1.29, 1.82) is 0 Å². The largest absolute Gasteiger partial charge is 0.338 e. The van der Waals surface area contributed by atoms with Gasteiger partial charge in [-0.2, -0.15) is 0 Å². The smallest absolute Gasteiger partial charge is 0.276 e. The van der Waals surface area contributed by atoms with Gasteiger partial charge in [-0.3, -0.25) is 4.79 Å². The van der Waals surface area contributed by atoms with Crippen LogP contribution in [-0.4, -0.2) is 38.9 Å². The molecule has 0 fully saturated rings. The van der Waals surface area contributed by atoms with Crippen LogP contribution in [0.25, 0.3) is 0 Å². The molecule has 0 unspecified atom stereocenters. The fourth-order valence-electron chi connectivity index (χ4n) is 1.95. The fraction of sp³-hybridized carbons (Fsp3) is 0.357. The molecule has 6 heteroatoms. The van der Waals surface area contributed by atoms with Crippen molar-refractivity contribution in [3.05, 3.63) is 46.7 Å². The summed E-state index contributed by atoms with van der Waals surface area (Å²) in [5.41, 5.74) is 1.31. The van der Waals surface area contributed by atoms with Gasteiger partial charge < -0.3 is 4.90 Å². The standard InChI is InChI=1S/C14H17ClN4O/c1-3-18(4-2)14(20)13-10-19(17-16-13)9-11-7-5-6-8-12(11)15/h5-8,10H,3-4,9H2,1-2H3. The minimum Gasteiger partial charge on any atom is -0.338 e. The number of halogens is 1. The fourth-order valence-corrected chi connectivity index (χ4v) is 2.14. The van der Waals surface area contributed by atoms with Gasteiger partial charge in [0, 0.05) is 18.1 Å². The maximum Gasteiger partial charge on any atom is 0.276 e. The molecular weight excluding hydrogens is 276 g/mol. The van der Waals surface area contributed by atoms with Crippen LogP contribution in [0.2, 0.25) is 5.02 Å². The Kier molecular flexibility index (Phi) is 4.74. The SMILES string of the molecule is CCN(CC)C(=O)c1cn(Cc2ccccc2Cl)nn1. The number of aromatic nitrogens is 3. The molecule has 106 valence electrons. The van der Waals surface area contributed by atoms with Crippen LogP contribution in [0.5, 0.6) is 0 Å². The van der Waals surface area contributed by atoms with Crippen LogP contribution >= 0.6 is 11.6 Å². The molecule has 1 amide bonds. The summed E-state index contributed by atoms with van der Waals surface area (Å²) >= 11 is 6.10. The molecule has 20 heavy (non-hydrogen) atoms. The number of amides is 1. The highest BCUT2D eigenvalue weighted by Gasteiger charge is 2.16. The van der Waals surface area contributed by atoms with Crippen LogP contribution < -0.4 is 0 Å². The highest BCUT2D eigenvalue weighted by Crippen LogP contribution is 2.15. The second-order valence-electron chi connectivity index (χ2n) is 4.37. The van der Waals surface area contributed by atoms with Gasteiger partial charge in [0.1, 0.15) is 0 Å². The molecule has 0 saturated carbocycles. The zero-order valence-corrected chi connectivity index (χ0v) is 12.3. The summed E-state index contributed by atoms with van der Waals surface area (Å²) in [6, 6.07) is 7.55. The molecule has 1 heterocycles. The van der Waals surface area contributed by atoms with Gasteiger partial charge in [0.2, 0.25) is 0 Å². The van der Waals surface area contributed by atoms with E-state index in [2.05, 4.69) is 10.3 Å². The normalized spacial score (nSPS) is 10.6. The van der Waals surface area contributed by atoms with Gasteiger partial charge in [-0.15, -0.1) is 5.10 Å². The molecule has 0 aliphatic heterocycles. The lowest BCUT2D eigenvalue weighted by Gasteiger charge is -2.16. The van der Waals surface area contributed by atoms with Crippen molar-refractivity contribution in [2.45, 2.75) is 20.4 Å². The van der Waals surface area contributed by atoms with Crippen molar-refractivity contribution in [1.82, 2.24) is 19.9 Å². The van der Waals surface area contributed by atoms with Crippen LogP contribution in [0.4, 0.5) is 0 Å². The van der Waals surface area contributed by atoms with E-state index < -0.39 is 0 Å². The Morgan fingerprint density at radius 2 is 2.00 bits per heavy atom. The molecule has 0 saturated heterocycles. The zero-order valence-electron chi connectivity index (χ0n) is 11.6. The molecule has 0 aliphatic rings. The molecule has 0 radical (unpaired) electrons. The minimum atomic E-state index is -0.0968. The molecule has 0 aliphatic carbocycles. The van der Waals surface area contributed by atoms with Crippen LogP contribution in [-0.2, 0) is 6.54 Å². The van der Waals surface area contributed by atoms with E-state index in [1.54, 1.807) is 15.8 Å². The van der Waals surface area contributed by atoms with Crippen molar-refractivity contribution < 1.29 is 4.79 Å². The van der Waals surface area contributed by atoms with E-state index in [1.165, 1.54) is 0 Å². The molecule has 0 bridgehead atoms. The van der Waals surface area contributed by atoms with E-state index >= 15 is 0 Å². The van der Waals surface area contributed by atoms with Crippen molar-refractivity contribution in [3.63, 3.8) is 0 Å². The quantitative estimate of drug-likeness (QED) is 0.850. The lowest BCUT2D eigenvalue weighted by atomic mass is 10.2. The monoisotopic (exact) mass is 292 g/mol. The van der Waals surface area contributed by atoms with Crippen molar-refractivity contribution >= 4 is 17.5 Å². The van der Waals surface area contributed by atoms with Crippen LogP contribution in [0.15, 0.2) is 30.5 Å². The summed E-state index contributed by atoms with van der Waals surface area (Å²) in [7, 11) is 0. The maximum atomic E-state index is 12.1. The summed E-state index contributed by atoms with van der Waals surface area (Å²) in [6.07, 6.45) is 1.66. The topological polar surface area (TPSA) is 51.0 Å². The number of hydrogen-bond acceptors (Lipinski definition) is 3. The van der Waals surface area contributed by atoms with Gasteiger partial charge in [0.15, 0.2) is 5.69 Å². The van der Waals surface area contributed by atoms with E-state index in [4.69, 9.17) is 11.6 Å². The third-order valence-corrected chi connectivity index (χ3v) is 3.47. The molecule has 0 atom stereocenters. The molecule has 2 aromatic rings. The van der Waals surface area contributed by atoms with Gasteiger partial charge in [-0.25, -0.2) is 4.68 Å². The first-order valence-corrected chi connectivity index (χ1v) is 6.96. The maximum absolute atomic E-state index is 12.1. The van der Waals surface area contributed by atoms with Gasteiger partial charge in [-0.1, -0.05) is 35.0 Å². The van der Waals surface area contributed by atoms with E-state index in [-0.39, 0.29) is 5.91 Å².